The molecule has 2 aromatic heterocycles. The van der Waals surface area contributed by atoms with Gasteiger partial charge in [0.05, 0.1) is 25.8 Å². The Hall–Kier alpha value is -3.31. The second-order valence-corrected chi connectivity index (χ2v) is 7.93. The largest absolute Gasteiger partial charge is 0.466 e. The number of nitrogens with zero attached hydrogens (tertiary/aromatic N) is 5. The van der Waals surface area contributed by atoms with Crippen molar-refractivity contribution in [1.29, 1.82) is 0 Å². The minimum Gasteiger partial charge on any atom is -0.466 e. The van der Waals surface area contributed by atoms with Gasteiger partial charge in [-0.15, -0.1) is 10.2 Å². The fourth-order valence-corrected chi connectivity index (χ4v) is 4.41. The predicted molar refractivity (Wildman–Crippen MR) is 115 cm³/mol. The number of amides is 1. The van der Waals surface area contributed by atoms with Crippen LogP contribution in [0.4, 0.5) is 5.69 Å². The smallest absolute Gasteiger partial charge is 0.337 e. The number of nitrogens with one attached hydrogen (secondary N) is 1. The van der Waals surface area contributed by atoms with E-state index >= 15 is 0 Å². The van der Waals surface area contributed by atoms with Crippen LogP contribution in [-0.2, 0) is 20.7 Å². The Kier molecular flexibility index (Phi) is 5.70. The summed E-state index contributed by atoms with van der Waals surface area (Å²) in [6, 6.07) is 5.64. The van der Waals surface area contributed by atoms with E-state index in [4.69, 9.17) is 4.74 Å². The number of esters is 1. The molecule has 0 unspecified atom stereocenters. The van der Waals surface area contributed by atoms with Gasteiger partial charge in [-0.2, -0.15) is 9.61 Å². The van der Waals surface area contributed by atoms with Crippen molar-refractivity contribution < 1.29 is 19.4 Å². The summed E-state index contributed by atoms with van der Waals surface area (Å²) in [6.07, 6.45) is 0.724. The van der Waals surface area contributed by atoms with Crippen molar-refractivity contribution >= 4 is 33.9 Å². The molecule has 0 fully saturated rings. The van der Waals surface area contributed by atoms with Gasteiger partial charge in [0.2, 0.25) is 4.96 Å². The summed E-state index contributed by atoms with van der Waals surface area (Å²) in [7, 11) is 1.27. The van der Waals surface area contributed by atoms with Gasteiger partial charge in [-0.3, -0.25) is 4.79 Å². The van der Waals surface area contributed by atoms with Crippen LogP contribution in [0.15, 0.2) is 29.5 Å². The van der Waals surface area contributed by atoms with E-state index in [2.05, 4.69) is 20.6 Å². The Morgan fingerprint density at radius 2 is 2.16 bits per heavy atom. The van der Waals surface area contributed by atoms with E-state index in [0.29, 0.717) is 10.6 Å². The van der Waals surface area contributed by atoms with Gasteiger partial charge >= 0.3 is 5.97 Å². The third kappa shape index (κ3) is 3.66. The summed E-state index contributed by atoms with van der Waals surface area (Å²) < 4.78 is 6.59. The summed E-state index contributed by atoms with van der Waals surface area (Å²) >= 11 is 1.43. The number of hydrogen-bond donors (Lipinski definition) is 2. The van der Waals surface area contributed by atoms with Crippen molar-refractivity contribution in [2.75, 3.05) is 32.1 Å². The first kappa shape index (κ1) is 20.9. The number of anilines is 1. The van der Waals surface area contributed by atoms with Crippen LogP contribution in [0.1, 0.15) is 18.3 Å². The quantitative estimate of drug-likeness (QED) is 0.527. The van der Waals surface area contributed by atoms with E-state index in [1.807, 2.05) is 32.0 Å². The van der Waals surface area contributed by atoms with Gasteiger partial charge in [0, 0.05) is 24.2 Å². The summed E-state index contributed by atoms with van der Waals surface area (Å²) in [6.45, 7) is 3.95. The van der Waals surface area contributed by atoms with Crippen LogP contribution in [0.5, 0.6) is 0 Å². The Bertz CT molecular complexity index is 1200. The molecule has 1 aromatic carbocycles. The SMILES string of the molecule is CCc1nnc2sc(-c3cccc(NC4=C(C(=O)OC)CN(CCO)C4=O)c3C)nn12. The first-order valence-electron chi connectivity index (χ1n) is 9.78. The average Bonchev–Trinajstić information content (AvgIpc) is 3.43. The van der Waals surface area contributed by atoms with E-state index < -0.39 is 5.97 Å². The Labute approximate surface area is 182 Å². The highest BCUT2D eigenvalue weighted by Gasteiger charge is 2.34. The molecule has 162 valence electrons. The van der Waals surface area contributed by atoms with Gasteiger partial charge in [-0.1, -0.05) is 30.4 Å². The molecule has 0 aliphatic carbocycles. The van der Waals surface area contributed by atoms with Crippen LogP contribution in [-0.4, -0.2) is 68.5 Å². The number of benzene rings is 1. The summed E-state index contributed by atoms with van der Waals surface area (Å²) in [4.78, 5) is 27.2. The highest BCUT2D eigenvalue weighted by atomic mass is 32.1. The fourth-order valence-electron chi connectivity index (χ4n) is 3.47. The topological polar surface area (TPSA) is 122 Å². The minimum atomic E-state index is -0.578. The number of hydrogen-bond acceptors (Lipinski definition) is 9. The standard InChI is InChI=1S/C20H22N6O4S/c1-4-15-22-23-20-26(15)24-17(31-20)12-6-5-7-14(11(12)2)21-16-13(19(29)30-3)10-25(8-9-27)18(16)28/h5-7,21,27H,4,8-10H2,1-3H3. The maximum absolute atomic E-state index is 12.8. The zero-order valence-corrected chi connectivity index (χ0v) is 18.2. The molecule has 0 radical (unpaired) electrons. The fraction of sp³-hybridized carbons (Fsp3) is 0.350. The first-order valence-corrected chi connectivity index (χ1v) is 10.6. The number of carbonyl (C=O) groups is 2. The third-order valence-corrected chi connectivity index (χ3v) is 6.08. The van der Waals surface area contributed by atoms with E-state index in [1.54, 1.807) is 4.52 Å². The van der Waals surface area contributed by atoms with E-state index in [0.717, 1.165) is 28.4 Å². The van der Waals surface area contributed by atoms with Gasteiger partial charge in [-0.05, 0) is 18.6 Å². The summed E-state index contributed by atoms with van der Waals surface area (Å²) in [5.41, 5.74) is 2.83. The summed E-state index contributed by atoms with van der Waals surface area (Å²) in [5.74, 6) is -0.144. The summed E-state index contributed by atoms with van der Waals surface area (Å²) in [5, 5.41) is 26.1. The Balaban J connectivity index is 1.71. The second-order valence-electron chi connectivity index (χ2n) is 6.97. The number of rotatable bonds is 7. The van der Waals surface area contributed by atoms with Crippen molar-refractivity contribution in [1.82, 2.24) is 24.7 Å². The molecule has 1 aliphatic heterocycles. The monoisotopic (exact) mass is 442 g/mol. The molecule has 0 saturated heterocycles. The predicted octanol–water partition coefficient (Wildman–Crippen LogP) is 1.40. The van der Waals surface area contributed by atoms with E-state index in [9.17, 15) is 14.7 Å². The molecule has 1 amide bonds. The molecule has 0 bridgehead atoms. The number of ether oxygens (including phenoxy) is 1. The van der Waals surface area contributed by atoms with Crippen molar-refractivity contribution in [3.63, 3.8) is 0 Å². The van der Waals surface area contributed by atoms with Crippen LogP contribution in [0.3, 0.4) is 0 Å². The minimum absolute atomic E-state index is 0.0869. The number of aryl methyl sites for hydroxylation is 1. The molecule has 0 spiro atoms. The van der Waals surface area contributed by atoms with Crippen LogP contribution in [0, 0.1) is 6.92 Å². The molecule has 1 aliphatic rings. The highest BCUT2D eigenvalue weighted by Crippen LogP contribution is 2.33. The zero-order chi connectivity index (χ0) is 22.1. The van der Waals surface area contributed by atoms with Gasteiger partial charge in [0.1, 0.15) is 10.7 Å². The first-order chi connectivity index (χ1) is 15.0. The average molecular weight is 443 g/mol. The lowest BCUT2D eigenvalue weighted by molar-refractivity contribution is -0.136. The van der Waals surface area contributed by atoms with Crippen molar-refractivity contribution in [3.8, 4) is 10.6 Å². The van der Waals surface area contributed by atoms with E-state index in [1.165, 1.54) is 23.3 Å². The van der Waals surface area contributed by atoms with Crippen LogP contribution < -0.4 is 5.32 Å². The van der Waals surface area contributed by atoms with Crippen molar-refractivity contribution in [3.05, 3.63) is 40.9 Å². The lowest BCUT2D eigenvalue weighted by Crippen LogP contribution is -2.31. The molecule has 4 rings (SSSR count). The van der Waals surface area contributed by atoms with Crippen molar-refractivity contribution in [2.45, 2.75) is 20.3 Å². The zero-order valence-electron chi connectivity index (χ0n) is 17.4. The molecular weight excluding hydrogens is 420 g/mol. The van der Waals surface area contributed by atoms with Gasteiger partial charge < -0.3 is 20.1 Å². The molecular formula is C20H22N6O4S. The highest BCUT2D eigenvalue weighted by molar-refractivity contribution is 7.19. The Morgan fingerprint density at radius 1 is 1.35 bits per heavy atom. The maximum Gasteiger partial charge on any atom is 0.337 e. The number of aliphatic hydroxyl groups excluding tert-OH is 1. The van der Waals surface area contributed by atoms with Gasteiger partial charge in [0.15, 0.2) is 5.82 Å². The number of carbonyl (C=O) groups excluding carboxylic acids is 2. The van der Waals surface area contributed by atoms with Gasteiger partial charge in [-0.25, -0.2) is 4.79 Å². The van der Waals surface area contributed by atoms with E-state index in [-0.39, 0.29) is 36.9 Å². The number of methoxy groups -OCH3 is 1. The molecule has 0 saturated carbocycles. The lowest BCUT2D eigenvalue weighted by Gasteiger charge is -2.16. The molecule has 11 heteroatoms. The normalized spacial score (nSPS) is 14.1. The van der Waals surface area contributed by atoms with Gasteiger partial charge in [0.25, 0.3) is 5.91 Å². The Morgan fingerprint density at radius 3 is 2.87 bits per heavy atom. The van der Waals surface area contributed by atoms with Crippen LogP contribution in [0.2, 0.25) is 0 Å². The number of fused-ring (bicyclic) bond motifs is 1. The third-order valence-electron chi connectivity index (χ3n) is 5.15. The molecule has 0 atom stereocenters. The maximum atomic E-state index is 12.8. The lowest BCUT2D eigenvalue weighted by atomic mass is 10.1. The molecule has 10 nitrogen and oxygen atoms in total. The second kappa shape index (κ2) is 8.44. The molecule has 31 heavy (non-hydrogen) atoms. The number of β-amino-alcohol motifs (C(OH)–C–C–N with tert-alkyl or cyclic N) is 1. The number of aromatic nitrogens is 4. The van der Waals surface area contributed by atoms with Crippen molar-refractivity contribution in [2.24, 2.45) is 0 Å². The van der Waals surface area contributed by atoms with Crippen LogP contribution in [0.25, 0.3) is 15.5 Å². The number of aliphatic hydroxyl groups is 1. The molecule has 3 heterocycles. The molecule has 3 aromatic rings. The molecule has 2 N–H and O–H groups in total. The van der Waals surface area contributed by atoms with Crippen LogP contribution >= 0.6 is 11.3 Å².